The molecule has 5 rings (SSSR count). The van der Waals surface area contributed by atoms with Crippen LogP contribution in [-0.2, 0) is 16.6 Å². The minimum absolute atomic E-state index is 0.0536. The Morgan fingerprint density at radius 2 is 1.89 bits per heavy atom. The molecule has 1 amide bonds. The van der Waals surface area contributed by atoms with E-state index >= 15 is 0 Å². The van der Waals surface area contributed by atoms with Crippen LogP contribution in [0.25, 0.3) is 11.3 Å². The summed E-state index contributed by atoms with van der Waals surface area (Å²) in [4.78, 5) is 23.4. The van der Waals surface area contributed by atoms with Gasteiger partial charge in [-0.1, -0.05) is 13.8 Å². The number of hydrogen-bond acceptors (Lipinski definition) is 8. The second-order valence-corrected chi connectivity index (χ2v) is 12.6. The van der Waals surface area contributed by atoms with E-state index in [-0.39, 0.29) is 29.8 Å². The zero-order chi connectivity index (χ0) is 27.2. The lowest BCUT2D eigenvalue weighted by Gasteiger charge is -2.38. The number of nitrogens with zero attached hydrogens (tertiary/aromatic N) is 3. The van der Waals surface area contributed by atoms with Gasteiger partial charge in [0.15, 0.2) is 0 Å². The minimum atomic E-state index is -0.511. The molecule has 38 heavy (non-hydrogen) atoms. The Morgan fingerprint density at radius 3 is 2.55 bits per heavy atom. The SMILES string of the molecule is CC(C)(C)OC(=O)NC1CCC(Oc2ccc3c(c2N2CCC(O)C2)CC(C)(C)c2c(N)ncnc2-3)CC1. The van der Waals surface area contributed by atoms with Gasteiger partial charge < -0.3 is 30.5 Å². The van der Waals surface area contributed by atoms with Crippen LogP contribution in [0.15, 0.2) is 18.5 Å². The van der Waals surface area contributed by atoms with Gasteiger partial charge in [0.25, 0.3) is 0 Å². The van der Waals surface area contributed by atoms with Gasteiger partial charge in [-0.05, 0) is 82.4 Å². The Labute approximate surface area is 225 Å². The van der Waals surface area contributed by atoms with Gasteiger partial charge >= 0.3 is 6.09 Å². The number of aliphatic hydroxyl groups excluding tert-OH is 1. The molecule has 0 spiro atoms. The largest absolute Gasteiger partial charge is 0.488 e. The number of β-amino-alcohol motifs (C(OH)–C–C–N with tert-alkyl or cyclic N) is 1. The summed E-state index contributed by atoms with van der Waals surface area (Å²) in [5, 5.41) is 13.4. The summed E-state index contributed by atoms with van der Waals surface area (Å²) < 4.78 is 12.1. The number of carbonyl (C=O) groups is 1. The lowest BCUT2D eigenvalue weighted by atomic mass is 9.71. The summed E-state index contributed by atoms with van der Waals surface area (Å²) in [6, 6.07) is 4.23. The number of benzene rings is 1. The number of aliphatic hydroxyl groups is 1. The predicted octanol–water partition coefficient (Wildman–Crippen LogP) is 4.35. The van der Waals surface area contributed by atoms with Gasteiger partial charge in [-0.25, -0.2) is 14.8 Å². The predicted molar refractivity (Wildman–Crippen MR) is 147 cm³/mol. The van der Waals surface area contributed by atoms with Crippen molar-refractivity contribution in [1.29, 1.82) is 0 Å². The van der Waals surface area contributed by atoms with Gasteiger partial charge in [-0.3, -0.25) is 0 Å². The van der Waals surface area contributed by atoms with E-state index in [2.05, 4.69) is 40.1 Å². The van der Waals surface area contributed by atoms with Crippen molar-refractivity contribution in [3.8, 4) is 17.0 Å². The number of ether oxygens (including phenoxy) is 2. The molecule has 1 unspecified atom stereocenters. The molecule has 2 aliphatic carbocycles. The quantitative estimate of drug-likeness (QED) is 0.541. The first kappa shape index (κ1) is 26.5. The number of nitrogens with one attached hydrogen (secondary N) is 1. The van der Waals surface area contributed by atoms with Gasteiger partial charge in [0.05, 0.1) is 23.6 Å². The summed E-state index contributed by atoms with van der Waals surface area (Å²) >= 11 is 0. The standard InChI is InChI=1S/C29H41N5O4/c1-28(2,3)38-27(36)33-17-6-8-19(9-7-17)37-22-11-10-20-21(25(22)34-13-12-18(35)15-34)14-29(4,5)23-24(20)31-16-32-26(23)30/h10-11,16-19,35H,6-9,12-15H2,1-5H3,(H,33,36)(H2,30,31,32). The fourth-order valence-corrected chi connectivity index (χ4v) is 6.18. The molecule has 0 bridgehead atoms. The minimum Gasteiger partial charge on any atom is -0.488 e. The van der Waals surface area contributed by atoms with Gasteiger partial charge in [-0.15, -0.1) is 0 Å². The molecule has 2 aromatic rings. The number of amides is 1. The van der Waals surface area contributed by atoms with E-state index in [1.54, 1.807) is 0 Å². The molecule has 1 saturated heterocycles. The molecule has 2 heterocycles. The molecule has 1 aromatic carbocycles. The highest BCUT2D eigenvalue weighted by Gasteiger charge is 2.39. The second-order valence-electron chi connectivity index (χ2n) is 12.6. The van der Waals surface area contributed by atoms with Crippen molar-refractivity contribution < 1.29 is 19.4 Å². The van der Waals surface area contributed by atoms with Crippen LogP contribution in [0.2, 0.25) is 0 Å². The Morgan fingerprint density at radius 1 is 1.16 bits per heavy atom. The van der Waals surface area contributed by atoms with Crippen LogP contribution in [0.4, 0.5) is 16.3 Å². The number of nitrogen functional groups attached to an aromatic ring is 1. The van der Waals surface area contributed by atoms with Gasteiger partial charge in [-0.2, -0.15) is 0 Å². The lowest BCUT2D eigenvalue weighted by molar-refractivity contribution is 0.0471. The molecule has 1 aliphatic heterocycles. The van der Waals surface area contributed by atoms with Crippen molar-refractivity contribution >= 4 is 17.6 Å². The van der Waals surface area contributed by atoms with Crippen molar-refractivity contribution in [3.63, 3.8) is 0 Å². The van der Waals surface area contributed by atoms with Crippen molar-refractivity contribution in [2.24, 2.45) is 0 Å². The number of fused-ring (bicyclic) bond motifs is 3. The summed E-state index contributed by atoms with van der Waals surface area (Å²) in [7, 11) is 0. The van der Waals surface area contributed by atoms with Crippen LogP contribution in [0.5, 0.6) is 5.75 Å². The fraction of sp³-hybridized carbons (Fsp3) is 0.621. The van der Waals surface area contributed by atoms with Crippen LogP contribution >= 0.6 is 0 Å². The molecule has 206 valence electrons. The van der Waals surface area contributed by atoms with E-state index in [1.807, 2.05) is 26.8 Å². The average molecular weight is 524 g/mol. The highest BCUT2D eigenvalue weighted by molar-refractivity contribution is 5.83. The number of aromatic nitrogens is 2. The number of anilines is 2. The molecule has 9 heteroatoms. The molecule has 3 aliphatic rings. The molecule has 9 nitrogen and oxygen atoms in total. The first-order valence-electron chi connectivity index (χ1n) is 13.8. The summed E-state index contributed by atoms with van der Waals surface area (Å²) in [5.74, 6) is 1.38. The van der Waals surface area contributed by atoms with Crippen molar-refractivity contribution in [2.45, 2.75) is 102 Å². The first-order valence-corrected chi connectivity index (χ1v) is 13.8. The van der Waals surface area contributed by atoms with Crippen molar-refractivity contribution in [2.75, 3.05) is 23.7 Å². The van der Waals surface area contributed by atoms with E-state index in [0.29, 0.717) is 12.4 Å². The molecule has 1 aromatic heterocycles. The average Bonchev–Trinajstić information content (AvgIpc) is 3.24. The molecule has 4 N–H and O–H groups in total. The molecular weight excluding hydrogens is 482 g/mol. The van der Waals surface area contributed by atoms with Crippen LogP contribution in [-0.4, -0.2) is 58.1 Å². The van der Waals surface area contributed by atoms with E-state index < -0.39 is 5.60 Å². The molecule has 1 saturated carbocycles. The second kappa shape index (κ2) is 9.91. The number of carbonyl (C=O) groups excluding carboxylic acids is 1. The van der Waals surface area contributed by atoms with Gasteiger partial charge in [0.1, 0.15) is 23.5 Å². The maximum atomic E-state index is 12.2. The smallest absolute Gasteiger partial charge is 0.407 e. The summed E-state index contributed by atoms with van der Waals surface area (Å²) in [6.45, 7) is 11.3. The van der Waals surface area contributed by atoms with Crippen molar-refractivity contribution in [1.82, 2.24) is 15.3 Å². The van der Waals surface area contributed by atoms with Crippen LogP contribution in [0, 0.1) is 0 Å². The maximum absolute atomic E-state index is 12.2. The highest BCUT2D eigenvalue weighted by Crippen LogP contribution is 2.50. The van der Waals surface area contributed by atoms with Crippen LogP contribution < -0.4 is 20.7 Å². The lowest BCUT2D eigenvalue weighted by Crippen LogP contribution is -2.42. The molecule has 1 atom stereocenters. The zero-order valence-electron chi connectivity index (χ0n) is 23.2. The molecular formula is C29H41N5O4. The topological polar surface area (TPSA) is 123 Å². The first-order chi connectivity index (χ1) is 17.9. The third-order valence-corrected chi connectivity index (χ3v) is 7.84. The van der Waals surface area contributed by atoms with Gasteiger partial charge in [0.2, 0.25) is 0 Å². The highest BCUT2D eigenvalue weighted by atomic mass is 16.6. The van der Waals surface area contributed by atoms with Crippen LogP contribution in [0.1, 0.15) is 77.8 Å². The fourth-order valence-electron chi connectivity index (χ4n) is 6.18. The summed E-state index contributed by atoms with van der Waals surface area (Å²) in [5.41, 5.74) is 10.7. The molecule has 0 radical (unpaired) electrons. The Kier molecular flexibility index (Phi) is 6.92. The van der Waals surface area contributed by atoms with Crippen molar-refractivity contribution in [3.05, 3.63) is 29.6 Å². The summed E-state index contributed by atoms with van der Waals surface area (Å²) in [6.07, 6.45) is 5.75. The number of hydrogen-bond donors (Lipinski definition) is 3. The Hall–Kier alpha value is -3.07. The van der Waals surface area contributed by atoms with Gasteiger partial charge in [0, 0.05) is 30.3 Å². The van der Waals surface area contributed by atoms with Crippen LogP contribution in [0.3, 0.4) is 0 Å². The third kappa shape index (κ3) is 5.39. The Balaban J connectivity index is 1.39. The van der Waals surface area contributed by atoms with E-state index in [1.165, 1.54) is 11.9 Å². The number of rotatable bonds is 4. The third-order valence-electron chi connectivity index (χ3n) is 7.84. The zero-order valence-corrected chi connectivity index (χ0v) is 23.2. The monoisotopic (exact) mass is 523 g/mol. The van der Waals surface area contributed by atoms with E-state index in [0.717, 1.165) is 73.3 Å². The van der Waals surface area contributed by atoms with E-state index in [9.17, 15) is 9.90 Å². The molecule has 2 fully saturated rings. The number of nitrogens with two attached hydrogens (primary N) is 1. The number of alkyl carbamates (subject to hydrolysis) is 1. The maximum Gasteiger partial charge on any atom is 0.407 e. The normalized spacial score (nSPS) is 24.4. The Bertz CT molecular complexity index is 1200. The van der Waals surface area contributed by atoms with E-state index in [4.69, 9.17) is 15.2 Å².